The standard InChI is InChI=1S/C21H27N3O5/c1-23(13-18(25)22-14-6-5-7-15(12-14)29-2)19(26)10-11-24-20(27)16-8-3-4-9-17(16)21(24)28/h5-7,12,16-17H,3-4,8-11,13H2,1-2H3,(H,22,25)/t16-,17-/m0/s1. The van der Waals surface area contributed by atoms with Gasteiger partial charge in [0.1, 0.15) is 5.75 Å². The van der Waals surface area contributed by atoms with Crippen molar-refractivity contribution >= 4 is 29.3 Å². The predicted molar refractivity (Wildman–Crippen MR) is 106 cm³/mol. The molecule has 1 saturated carbocycles. The summed E-state index contributed by atoms with van der Waals surface area (Å²) in [4.78, 5) is 52.1. The number of methoxy groups -OCH3 is 1. The first-order valence-corrected chi connectivity index (χ1v) is 9.94. The van der Waals surface area contributed by atoms with Gasteiger partial charge in [-0.05, 0) is 25.0 Å². The van der Waals surface area contributed by atoms with Crippen LogP contribution < -0.4 is 10.1 Å². The van der Waals surface area contributed by atoms with Crippen molar-refractivity contribution in [1.82, 2.24) is 9.80 Å². The Hall–Kier alpha value is -2.90. The van der Waals surface area contributed by atoms with Crippen LogP contribution in [0.1, 0.15) is 32.1 Å². The molecule has 3 rings (SSSR count). The Morgan fingerprint density at radius 1 is 1.17 bits per heavy atom. The summed E-state index contributed by atoms with van der Waals surface area (Å²) in [6.45, 7) is -0.0471. The molecule has 1 aliphatic heterocycles. The zero-order valence-corrected chi connectivity index (χ0v) is 16.8. The van der Waals surface area contributed by atoms with Crippen molar-refractivity contribution in [2.24, 2.45) is 11.8 Å². The van der Waals surface area contributed by atoms with Gasteiger partial charge in [-0.15, -0.1) is 0 Å². The number of anilines is 1. The Morgan fingerprint density at radius 3 is 2.45 bits per heavy atom. The number of nitrogens with zero attached hydrogens (tertiary/aromatic N) is 2. The van der Waals surface area contributed by atoms with E-state index in [1.807, 2.05) is 0 Å². The van der Waals surface area contributed by atoms with E-state index in [9.17, 15) is 19.2 Å². The van der Waals surface area contributed by atoms with Crippen LogP contribution >= 0.6 is 0 Å². The van der Waals surface area contributed by atoms with Crippen LogP contribution in [-0.4, -0.2) is 60.7 Å². The number of rotatable bonds is 7. The smallest absolute Gasteiger partial charge is 0.243 e. The summed E-state index contributed by atoms with van der Waals surface area (Å²) in [6, 6.07) is 6.93. The third-order valence-corrected chi connectivity index (χ3v) is 5.64. The number of ether oxygens (including phenoxy) is 1. The van der Waals surface area contributed by atoms with Gasteiger partial charge in [0, 0.05) is 31.8 Å². The maximum absolute atomic E-state index is 12.5. The van der Waals surface area contributed by atoms with Crippen LogP contribution in [-0.2, 0) is 19.2 Å². The van der Waals surface area contributed by atoms with E-state index in [-0.39, 0.29) is 55.0 Å². The topological polar surface area (TPSA) is 96.0 Å². The lowest BCUT2D eigenvalue weighted by atomic mass is 9.81. The number of hydrogen-bond donors (Lipinski definition) is 1. The number of hydrogen-bond acceptors (Lipinski definition) is 5. The van der Waals surface area contributed by atoms with E-state index >= 15 is 0 Å². The van der Waals surface area contributed by atoms with E-state index in [0.717, 1.165) is 25.7 Å². The van der Waals surface area contributed by atoms with Crippen LogP contribution in [0.2, 0.25) is 0 Å². The normalized spacial score (nSPS) is 21.0. The number of likely N-dealkylation sites (N-methyl/N-ethyl adjacent to an activating group) is 1. The van der Waals surface area contributed by atoms with Crippen molar-refractivity contribution < 1.29 is 23.9 Å². The minimum Gasteiger partial charge on any atom is -0.497 e. The van der Waals surface area contributed by atoms with E-state index in [2.05, 4.69) is 5.32 Å². The lowest BCUT2D eigenvalue weighted by Crippen LogP contribution is -2.38. The SMILES string of the molecule is COc1cccc(NC(=O)CN(C)C(=O)CCN2C(=O)[C@H]3CCCC[C@@H]3C2=O)c1. The van der Waals surface area contributed by atoms with Crippen molar-refractivity contribution in [3.8, 4) is 5.75 Å². The van der Waals surface area contributed by atoms with Gasteiger partial charge in [0.15, 0.2) is 0 Å². The summed E-state index contributed by atoms with van der Waals surface area (Å²) in [5.74, 6) is -0.727. The van der Waals surface area contributed by atoms with Crippen LogP contribution in [0.25, 0.3) is 0 Å². The second kappa shape index (κ2) is 9.07. The number of benzene rings is 1. The van der Waals surface area contributed by atoms with Gasteiger partial charge in [-0.1, -0.05) is 18.9 Å². The van der Waals surface area contributed by atoms with Crippen molar-refractivity contribution in [2.45, 2.75) is 32.1 Å². The number of nitrogens with one attached hydrogen (secondary N) is 1. The highest BCUT2D eigenvalue weighted by Crippen LogP contribution is 2.37. The first kappa shape index (κ1) is 20.8. The molecule has 1 aromatic carbocycles. The number of carbonyl (C=O) groups excluding carboxylic acids is 4. The summed E-state index contributed by atoms with van der Waals surface area (Å²) < 4.78 is 5.11. The summed E-state index contributed by atoms with van der Waals surface area (Å²) >= 11 is 0. The first-order valence-electron chi connectivity index (χ1n) is 9.94. The molecule has 8 heteroatoms. The summed E-state index contributed by atoms with van der Waals surface area (Å²) in [6.07, 6.45) is 3.46. The molecular formula is C21H27N3O5. The first-order chi connectivity index (χ1) is 13.9. The minimum absolute atomic E-state index is 0.0137. The molecule has 1 heterocycles. The van der Waals surface area contributed by atoms with Gasteiger partial charge in [-0.2, -0.15) is 0 Å². The van der Waals surface area contributed by atoms with E-state index in [1.54, 1.807) is 24.3 Å². The average molecular weight is 401 g/mol. The van der Waals surface area contributed by atoms with E-state index in [0.29, 0.717) is 11.4 Å². The monoisotopic (exact) mass is 401 g/mol. The van der Waals surface area contributed by atoms with Gasteiger partial charge >= 0.3 is 0 Å². The van der Waals surface area contributed by atoms with Crippen molar-refractivity contribution in [3.05, 3.63) is 24.3 Å². The van der Waals surface area contributed by atoms with Crippen LogP contribution in [0.5, 0.6) is 5.75 Å². The van der Waals surface area contributed by atoms with Gasteiger partial charge in [-0.25, -0.2) is 0 Å². The zero-order valence-electron chi connectivity index (χ0n) is 16.8. The Bertz CT molecular complexity index is 785. The molecule has 0 unspecified atom stereocenters. The van der Waals surface area contributed by atoms with Gasteiger partial charge < -0.3 is 15.0 Å². The van der Waals surface area contributed by atoms with Gasteiger partial charge in [0.25, 0.3) is 0 Å². The number of imide groups is 1. The molecule has 4 amide bonds. The average Bonchev–Trinajstić information content (AvgIpc) is 2.96. The largest absolute Gasteiger partial charge is 0.497 e. The van der Waals surface area contributed by atoms with Crippen LogP contribution in [0, 0.1) is 11.8 Å². The number of carbonyl (C=O) groups is 4. The maximum atomic E-state index is 12.5. The van der Waals surface area contributed by atoms with Crippen LogP contribution in [0.3, 0.4) is 0 Å². The molecule has 0 bridgehead atoms. The van der Waals surface area contributed by atoms with E-state index in [1.165, 1.54) is 24.0 Å². The Morgan fingerprint density at radius 2 is 1.83 bits per heavy atom. The Balaban J connectivity index is 1.48. The summed E-state index contributed by atoms with van der Waals surface area (Å²) in [7, 11) is 3.07. The highest BCUT2D eigenvalue weighted by Gasteiger charge is 2.47. The molecule has 1 N–H and O–H groups in total. The zero-order chi connectivity index (χ0) is 21.0. The second-order valence-electron chi connectivity index (χ2n) is 7.61. The molecule has 1 saturated heterocycles. The number of amides is 4. The van der Waals surface area contributed by atoms with Crippen LogP contribution in [0.15, 0.2) is 24.3 Å². The molecule has 156 valence electrons. The number of likely N-dealkylation sites (tertiary alicyclic amines) is 1. The van der Waals surface area contributed by atoms with Crippen molar-refractivity contribution in [3.63, 3.8) is 0 Å². The van der Waals surface area contributed by atoms with E-state index < -0.39 is 0 Å². The lowest BCUT2D eigenvalue weighted by molar-refractivity contribution is -0.141. The molecule has 0 aromatic heterocycles. The molecule has 2 atom stereocenters. The highest BCUT2D eigenvalue weighted by molar-refractivity contribution is 6.05. The van der Waals surface area contributed by atoms with Crippen molar-refractivity contribution in [1.29, 1.82) is 0 Å². The van der Waals surface area contributed by atoms with Gasteiger partial charge in [-0.3, -0.25) is 24.1 Å². The second-order valence-corrected chi connectivity index (χ2v) is 7.61. The minimum atomic E-state index is -0.339. The van der Waals surface area contributed by atoms with Crippen LogP contribution in [0.4, 0.5) is 5.69 Å². The Kier molecular flexibility index (Phi) is 6.51. The molecule has 2 fully saturated rings. The maximum Gasteiger partial charge on any atom is 0.243 e. The highest BCUT2D eigenvalue weighted by atomic mass is 16.5. The third-order valence-electron chi connectivity index (χ3n) is 5.64. The predicted octanol–water partition coefficient (Wildman–Crippen LogP) is 1.66. The Labute approximate surface area is 170 Å². The number of fused-ring (bicyclic) bond motifs is 1. The van der Waals surface area contributed by atoms with Gasteiger partial charge in [0.05, 0.1) is 25.5 Å². The molecule has 2 aliphatic rings. The molecule has 8 nitrogen and oxygen atoms in total. The molecular weight excluding hydrogens is 374 g/mol. The molecule has 1 aliphatic carbocycles. The van der Waals surface area contributed by atoms with Gasteiger partial charge in [0.2, 0.25) is 23.6 Å². The summed E-state index contributed by atoms with van der Waals surface area (Å²) in [5, 5.41) is 2.72. The lowest BCUT2D eigenvalue weighted by Gasteiger charge is -2.19. The fourth-order valence-electron chi connectivity index (χ4n) is 4.05. The van der Waals surface area contributed by atoms with E-state index in [4.69, 9.17) is 4.74 Å². The molecule has 1 aromatic rings. The summed E-state index contributed by atoms with van der Waals surface area (Å²) in [5.41, 5.74) is 0.575. The fourth-order valence-corrected chi connectivity index (χ4v) is 4.05. The quantitative estimate of drug-likeness (QED) is 0.701. The fraction of sp³-hybridized carbons (Fsp3) is 0.524. The van der Waals surface area contributed by atoms with Crippen molar-refractivity contribution in [2.75, 3.05) is 32.6 Å². The molecule has 29 heavy (non-hydrogen) atoms. The third kappa shape index (κ3) is 4.75. The molecule has 0 spiro atoms. The molecule has 0 radical (unpaired) electrons.